The molecule has 1 amide bonds. The molecule has 1 fully saturated rings. The lowest BCUT2D eigenvalue weighted by atomic mass is 10.0. The quantitative estimate of drug-likeness (QED) is 0.0786. The van der Waals surface area contributed by atoms with Crippen LogP contribution in [-0.4, -0.2) is 79.9 Å². The van der Waals surface area contributed by atoms with Crippen molar-refractivity contribution < 1.29 is 32.8 Å². The number of imidazole rings is 1. The highest BCUT2D eigenvalue weighted by Crippen LogP contribution is 2.50. The van der Waals surface area contributed by atoms with Gasteiger partial charge in [0, 0.05) is 24.1 Å². The monoisotopic (exact) mass is 707 g/mol. The van der Waals surface area contributed by atoms with E-state index in [0.29, 0.717) is 23.1 Å². The second kappa shape index (κ2) is 18.3. The maximum absolute atomic E-state index is 12.9. The molecule has 0 bridgehead atoms. The Balaban J connectivity index is 1.36. The molecule has 1 aliphatic carbocycles. The first kappa shape index (κ1) is 37.3. The van der Waals surface area contributed by atoms with Gasteiger partial charge in [0.25, 0.3) is 14.4 Å². The molecular formula is C35H46N7O7P. The van der Waals surface area contributed by atoms with Gasteiger partial charge in [-0.05, 0) is 71.6 Å². The molecule has 0 radical (unpaired) electrons. The number of allylic oxidation sites excluding steroid dienone is 1. The fourth-order valence-electron chi connectivity index (χ4n) is 6.00. The number of hydrogen-bond acceptors (Lipinski definition) is 12. The summed E-state index contributed by atoms with van der Waals surface area (Å²) in [4.78, 5) is 39.0. The summed E-state index contributed by atoms with van der Waals surface area (Å²) < 4.78 is 34.5. The Morgan fingerprint density at radius 3 is 2.68 bits per heavy atom. The molecule has 5 atom stereocenters. The van der Waals surface area contributed by atoms with Crippen molar-refractivity contribution in [2.45, 2.75) is 109 Å². The van der Waals surface area contributed by atoms with Crippen LogP contribution in [0.25, 0.3) is 11.2 Å². The van der Waals surface area contributed by atoms with Gasteiger partial charge in [-0.2, -0.15) is 5.26 Å². The van der Waals surface area contributed by atoms with Crippen LogP contribution in [0.4, 0.5) is 10.6 Å². The minimum absolute atomic E-state index is 0.0848. The number of ether oxygens (including phenoxy) is 3. The molecule has 3 heterocycles. The number of nitriles is 1. The van der Waals surface area contributed by atoms with Crippen LogP contribution in [0, 0.1) is 11.3 Å². The summed E-state index contributed by atoms with van der Waals surface area (Å²) in [5.74, 6) is -0.0624. The van der Waals surface area contributed by atoms with Gasteiger partial charge < -0.3 is 28.6 Å². The van der Waals surface area contributed by atoms with E-state index in [-0.39, 0.29) is 49.5 Å². The van der Waals surface area contributed by atoms with Gasteiger partial charge >= 0.3 is 6.16 Å². The van der Waals surface area contributed by atoms with Gasteiger partial charge in [-0.3, -0.25) is 9.36 Å². The zero-order chi connectivity index (χ0) is 35.5. The molecule has 2 aromatic heterocycles. The summed E-state index contributed by atoms with van der Waals surface area (Å²) >= 11 is 0. The van der Waals surface area contributed by atoms with Crippen molar-refractivity contribution in [3.8, 4) is 6.07 Å². The number of rotatable bonds is 14. The van der Waals surface area contributed by atoms with E-state index in [1.807, 2.05) is 18.2 Å². The minimum Gasteiger partial charge on any atom is -0.431 e. The van der Waals surface area contributed by atoms with E-state index >= 15 is 0 Å². The van der Waals surface area contributed by atoms with E-state index in [4.69, 9.17) is 23.3 Å². The number of carbonyl (C=O) groups excluding carboxylic acids is 2. The summed E-state index contributed by atoms with van der Waals surface area (Å²) in [6.07, 6.45) is 9.39. The molecule has 15 heteroatoms. The fraction of sp³-hybridized carbons (Fsp3) is 0.543. The van der Waals surface area contributed by atoms with Crippen molar-refractivity contribution in [2.75, 3.05) is 18.5 Å². The van der Waals surface area contributed by atoms with Gasteiger partial charge in [-0.1, -0.05) is 30.7 Å². The maximum Gasteiger partial charge on any atom is 0.508 e. The molecular weight excluding hydrogens is 661 g/mol. The number of aromatic nitrogens is 4. The summed E-state index contributed by atoms with van der Waals surface area (Å²) in [7, 11) is -1.62. The first-order valence-corrected chi connectivity index (χ1v) is 18.3. The lowest BCUT2D eigenvalue weighted by Gasteiger charge is -2.37. The average molecular weight is 708 g/mol. The predicted octanol–water partition coefficient (Wildman–Crippen LogP) is 7.07. The van der Waals surface area contributed by atoms with Crippen molar-refractivity contribution >= 4 is 37.6 Å². The largest absolute Gasteiger partial charge is 0.508 e. The van der Waals surface area contributed by atoms with E-state index in [2.05, 4.69) is 58.7 Å². The van der Waals surface area contributed by atoms with Crippen LogP contribution in [0.1, 0.15) is 89.2 Å². The summed E-state index contributed by atoms with van der Waals surface area (Å²) in [6.45, 7) is 8.33. The van der Waals surface area contributed by atoms with Gasteiger partial charge in [0.05, 0.1) is 31.5 Å². The van der Waals surface area contributed by atoms with Crippen molar-refractivity contribution in [3.05, 3.63) is 60.7 Å². The number of benzene rings is 1. The highest BCUT2D eigenvalue weighted by atomic mass is 31.2. The normalized spacial score (nSPS) is 21.6. The molecule has 5 rings (SSSR count). The first-order chi connectivity index (χ1) is 24.2. The topological polar surface area (TPSA) is 163 Å². The number of nitrogens with zero attached hydrogens (tertiary/aromatic N) is 6. The van der Waals surface area contributed by atoms with E-state index in [9.17, 15) is 14.9 Å². The molecule has 1 aromatic carbocycles. The third kappa shape index (κ3) is 9.83. The second-order valence-electron chi connectivity index (χ2n) is 12.7. The zero-order valence-corrected chi connectivity index (χ0v) is 29.9. The van der Waals surface area contributed by atoms with Crippen LogP contribution >= 0.6 is 8.53 Å². The predicted molar refractivity (Wildman–Crippen MR) is 187 cm³/mol. The number of nitrogens with one attached hydrogen (secondary N) is 1. The van der Waals surface area contributed by atoms with E-state index in [1.54, 1.807) is 35.2 Å². The number of anilines is 1. The molecule has 2 unspecified atom stereocenters. The Bertz CT molecular complexity index is 1620. The standard InChI is InChI=1S/C35H46N7O7P/c1-24(2)42(25(3)4)50(46-19-13-18-36)49-28-20-30(48-29(28)21-45-35(44)47-27-16-11-6-5-7-12-17-27)41-23-39-31-32(37-22-38-33(31)41)40-34(43)26-14-9-8-10-15-26/h8-11,14-16,22-25,27-30H,5-7,12-13,17,19-21H2,1-4H3,(H,37,38,40,43)/t27?,28-,29+,30+,50?/m0/s1. The van der Waals surface area contributed by atoms with Crippen LogP contribution in [0.15, 0.2) is 55.1 Å². The van der Waals surface area contributed by atoms with Gasteiger partial charge in [-0.15, -0.1) is 0 Å². The Labute approximate surface area is 294 Å². The van der Waals surface area contributed by atoms with Gasteiger partial charge in [-0.25, -0.2) is 24.4 Å². The summed E-state index contributed by atoms with van der Waals surface area (Å²) in [6, 6.07) is 11.1. The summed E-state index contributed by atoms with van der Waals surface area (Å²) in [5, 5.41) is 12.0. The highest BCUT2D eigenvalue weighted by molar-refractivity contribution is 7.44. The van der Waals surface area contributed by atoms with Crippen molar-refractivity contribution in [2.24, 2.45) is 0 Å². The second-order valence-corrected chi connectivity index (χ2v) is 14.1. The third-order valence-corrected chi connectivity index (χ3v) is 10.5. The zero-order valence-electron chi connectivity index (χ0n) is 29.0. The SMILES string of the molecule is CC(C)N(C(C)C)P(OCCC#N)O[C@H]1C[C@H](n2cnc3c(NC(=O)c4ccccc4)ncnc32)O[C@@H]1COC(=O)OC1C=CCCCCC1. The number of hydrogen-bond donors (Lipinski definition) is 1. The average Bonchev–Trinajstić information content (AvgIpc) is 3.69. The van der Waals surface area contributed by atoms with E-state index in [0.717, 1.165) is 32.1 Å². The molecule has 2 aliphatic rings. The van der Waals surface area contributed by atoms with Crippen molar-refractivity contribution in [1.82, 2.24) is 24.2 Å². The molecule has 14 nitrogen and oxygen atoms in total. The van der Waals surface area contributed by atoms with E-state index in [1.165, 1.54) is 6.33 Å². The molecule has 1 saturated heterocycles. The van der Waals surface area contributed by atoms with Crippen molar-refractivity contribution in [3.63, 3.8) is 0 Å². The van der Waals surface area contributed by atoms with E-state index < -0.39 is 33.1 Å². The molecule has 0 saturated carbocycles. The van der Waals surface area contributed by atoms with Crippen LogP contribution in [0.2, 0.25) is 0 Å². The number of fused-ring (bicyclic) bond motifs is 1. The molecule has 1 N–H and O–H groups in total. The third-order valence-electron chi connectivity index (χ3n) is 8.33. The Morgan fingerprint density at radius 2 is 1.92 bits per heavy atom. The lowest BCUT2D eigenvalue weighted by Crippen LogP contribution is -2.37. The number of carbonyl (C=O) groups is 2. The van der Waals surface area contributed by atoms with Crippen LogP contribution in [0.5, 0.6) is 0 Å². The van der Waals surface area contributed by atoms with Gasteiger partial charge in [0.15, 0.2) is 17.0 Å². The Kier molecular flexibility index (Phi) is 13.6. The van der Waals surface area contributed by atoms with Gasteiger partial charge in [0.1, 0.15) is 31.4 Å². The maximum atomic E-state index is 12.9. The Morgan fingerprint density at radius 1 is 1.12 bits per heavy atom. The minimum atomic E-state index is -1.62. The molecule has 50 heavy (non-hydrogen) atoms. The van der Waals surface area contributed by atoms with Crippen LogP contribution < -0.4 is 5.32 Å². The van der Waals surface area contributed by atoms with Crippen molar-refractivity contribution in [1.29, 1.82) is 5.26 Å². The Hall–Kier alpha value is -3.99. The lowest BCUT2D eigenvalue weighted by molar-refractivity contribution is -0.0576. The van der Waals surface area contributed by atoms with Gasteiger partial charge in [0.2, 0.25) is 0 Å². The highest BCUT2D eigenvalue weighted by Gasteiger charge is 2.42. The molecule has 3 aromatic rings. The number of amides is 1. The fourth-order valence-corrected chi connectivity index (χ4v) is 7.76. The first-order valence-electron chi connectivity index (χ1n) is 17.2. The molecule has 1 aliphatic heterocycles. The smallest absolute Gasteiger partial charge is 0.431 e. The van der Waals surface area contributed by atoms with Crippen LogP contribution in [0.3, 0.4) is 0 Å². The summed E-state index contributed by atoms with van der Waals surface area (Å²) in [5.41, 5.74) is 1.32. The molecule has 268 valence electrons. The molecule has 0 spiro atoms. The van der Waals surface area contributed by atoms with Crippen LogP contribution in [-0.2, 0) is 23.3 Å².